The predicted molar refractivity (Wildman–Crippen MR) is 49.0 cm³/mol. The fourth-order valence-corrected chi connectivity index (χ4v) is 1.47. The van der Waals surface area contributed by atoms with E-state index in [0.717, 1.165) is 18.6 Å². The third-order valence-corrected chi connectivity index (χ3v) is 2.32. The number of esters is 1. The van der Waals surface area contributed by atoms with Crippen molar-refractivity contribution in [1.82, 2.24) is 0 Å². The van der Waals surface area contributed by atoms with Crippen molar-refractivity contribution in [1.29, 1.82) is 0 Å². The number of ether oxygens (including phenoxy) is 2. The molecule has 3 nitrogen and oxygen atoms in total. The van der Waals surface area contributed by atoms with E-state index < -0.39 is 0 Å². The highest BCUT2D eigenvalue weighted by atomic mass is 16.5. The minimum Gasteiger partial charge on any atom is -0.494 e. The van der Waals surface area contributed by atoms with Crippen molar-refractivity contribution in [2.45, 2.75) is 32.8 Å². The standard InChI is InChI=1S/C10H16O3/c1-4-8-5-7(2)9(13-8)6-10(11)12-3/h6-8H,4-5H2,1-3H3/b9-6+/t7?,8-/m0/s1. The van der Waals surface area contributed by atoms with E-state index in [2.05, 4.69) is 18.6 Å². The van der Waals surface area contributed by atoms with Crippen molar-refractivity contribution < 1.29 is 14.3 Å². The van der Waals surface area contributed by atoms with Gasteiger partial charge in [-0.1, -0.05) is 13.8 Å². The molecule has 0 spiro atoms. The molecule has 1 aliphatic rings. The predicted octanol–water partition coefficient (Wildman–Crippen LogP) is 1.88. The van der Waals surface area contributed by atoms with E-state index in [0.29, 0.717) is 5.92 Å². The van der Waals surface area contributed by atoms with Gasteiger partial charge in [-0.05, 0) is 12.8 Å². The van der Waals surface area contributed by atoms with Crippen LogP contribution in [0.15, 0.2) is 11.8 Å². The topological polar surface area (TPSA) is 35.5 Å². The summed E-state index contributed by atoms with van der Waals surface area (Å²) in [6.07, 6.45) is 3.70. The van der Waals surface area contributed by atoms with Gasteiger partial charge in [-0.3, -0.25) is 0 Å². The van der Waals surface area contributed by atoms with Crippen molar-refractivity contribution in [2.24, 2.45) is 5.92 Å². The van der Waals surface area contributed by atoms with Gasteiger partial charge >= 0.3 is 5.97 Å². The first kappa shape index (κ1) is 10.1. The first-order chi connectivity index (χ1) is 6.17. The average Bonchev–Trinajstić information content (AvgIpc) is 2.47. The summed E-state index contributed by atoms with van der Waals surface area (Å²) >= 11 is 0. The molecule has 0 saturated carbocycles. The molecule has 1 aliphatic heterocycles. The Kier molecular flexibility index (Phi) is 3.34. The lowest BCUT2D eigenvalue weighted by Gasteiger charge is -2.06. The summed E-state index contributed by atoms with van der Waals surface area (Å²) in [6.45, 7) is 4.14. The summed E-state index contributed by atoms with van der Waals surface area (Å²) in [5.74, 6) is 0.765. The molecule has 0 aliphatic carbocycles. The van der Waals surface area contributed by atoms with Crippen LogP contribution in [0.25, 0.3) is 0 Å². The number of hydrogen-bond donors (Lipinski definition) is 0. The molecule has 0 N–H and O–H groups in total. The number of rotatable bonds is 2. The van der Waals surface area contributed by atoms with Crippen LogP contribution in [0.5, 0.6) is 0 Å². The van der Waals surface area contributed by atoms with Gasteiger partial charge in [-0.15, -0.1) is 0 Å². The third-order valence-electron chi connectivity index (χ3n) is 2.32. The van der Waals surface area contributed by atoms with Crippen molar-refractivity contribution in [3.05, 3.63) is 11.8 Å². The van der Waals surface area contributed by atoms with Gasteiger partial charge in [0.2, 0.25) is 0 Å². The van der Waals surface area contributed by atoms with Gasteiger partial charge in [0.15, 0.2) is 0 Å². The maximum Gasteiger partial charge on any atom is 0.333 e. The fourth-order valence-electron chi connectivity index (χ4n) is 1.47. The maximum absolute atomic E-state index is 10.9. The average molecular weight is 184 g/mol. The second-order valence-corrected chi connectivity index (χ2v) is 3.35. The minimum atomic E-state index is -0.335. The molecule has 0 bridgehead atoms. The van der Waals surface area contributed by atoms with E-state index in [9.17, 15) is 4.79 Å². The number of hydrogen-bond acceptors (Lipinski definition) is 3. The van der Waals surface area contributed by atoms with E-state index in [-0.39, 0.29) is 12.1 Å². The summed E-state index contributed by atoms with van der Waals surface area (Å²) in [4.78, 5) is 10.9. The molecule has 13 heavy (non-hydrogen) atoms. The first-order valence-electron chi connectivity index (χ1n) is 4.63. The van der Waals surface area contributed by atoms with Crippen LogP contribution in [0.2, 0.25) is 0 Å². The quantitative estimate of drug-likeness (QED) is 0.485. The summed E-state index contributed by atoms with van der Waals surface area (Å²) < 4.78 is 10.1. The van der Waals surface area contributed by atoms with Crippen LogP contribution in [-0.2, 0) is 14.3 Å². The van der Waals surface area contributed by atoms with Crippen LogP contribution in [0.4, 0.5) is 0 Å². The molecule has 2 atom stereocenters. The Labute approximate surface area is 78.7 Å². The third kappa shape index (κ3) is 2.47. The van der Waals surface area contributed by atoms with Crippen LogP contribution < -0.4 is 0 Å². The van der Waals surface area contributed by atoms with E-state index in [1.54, 1.807) is 0 Å². The van der Waals surface area contributed by atoms with E-state index in [1.165, 1.54) is 13.2 Å². The molecular weight excluding hydrogens is 168 g/mol. The maximum atomic E-state index is 10.9. The lowest BCUT2D eigenvalue weighted by atomic mass is 10.0. The fraction of sp³-hybridized carbons (Fsp3) is 0.700. The zero-order valence-corrected chi connectivity index (χ0v) is 8.37. The Bertz CT molecular complexity index is 220. The normalized spacial score (nSPS) is 30.2. The zero-order valence-electron chi connectivity index (χ0n) is 8.37. The van der Waals surface area contributed by atoms with Crippen molar-refractivity contribution >= 4 is 5.97 Å². The van der Waals surface area contributed by atoms with E-state index >= 15 is 0 Å². The molecule has 0 radical (unpaired) electrons. The Balaban J connectivity index is 2.61. The highest BCUT2D eigenvalue weighted by molar-refractivity contribution is 5.82. The lowest BCUT2D eigenvalue weighted by molar-refractivity contribution is -0.135. The summed E-state index contributed by atoms with van der Waals surface area (Å²) in [6, 6.07) is 0. The Morgan fingerprint density at radius 3 is 2.92 bits per heavy atom. The van der Waals surface area contributed by atoms with Gasteiger partial charge in [0.25, 0.3) is 0 Å². The van der Waals surface area contributed by atoms with Crippen LogP contribution in [-0.4, -0.2) is 19.2 Å². The largest absolute Gasteiger partial charge is 0.494 e. The second kappa shape index (κ2) is 4.30. The molecule has 1 unspecified atom stereocenters. The molecule has 1 saturated heterocycles. The molecule has 1 heterocycles. The van der Waals surface area contributed by atoms with Gasteiger partial charge < -0.3 is 9.47 Å². The molecule has 0 aromatic rings. The number of methoxy groups -OCH3 is 1. The summed E-state index contributed by atoms with van der Waals surface area (Å²) in [5, 5.41) is 0. The van der Waals surface area contributed by atoms with Crippen molar-refractivity contribution in [3.8, 4) is 0 Å². The van der Waals surface area contributed by atoms with Gasteiger partial charge in [0, 0.05) is 5.92 Å². The van der Waals surface area contributed by atoms with E-state index in [4.69, 9.17) is 4.74 Å². The van der Waals surface area contributed by atoms with Gasteiger partial charge in [-0.25, -0.2) is 4.79 Å². The summed E-state index contributed by atoms with van der Waals surface area (Å²) in [7, 11) is 1.37. The molecule has 0 amide bonds. The van der Waals surface area contributed by atoms with E-state index in [1.807, 2.05) is 0 Å². The second-order valence-electron chi connectivity index (χ2n) is 3.35. The monoisotopic (exact) mass is 184 g/mol. The van der Waals surface area contributed by atoms with Crippen LogP contribution in [0.3, 0.4) is 0 Å². The molecule has 74 valence electrons. The van der Waals surface area contributed by atoms with Crippen LogP contribution in [0, 0.1) is 5.92 Å². The minimum absolute atomic E-state index is 0.269. The molecule has 0 aromatic carbocycles. The molecular formula is C10H16O3. The Morgan fingerprint density at radius 2 is 2.46 bits per heavy atom. The summed E-state index contributed by atoms with van der Waals surface area (Å²) in [5.41, 5.74) is 0. The molecule has 3 heteroatoms. The molecule has 1 fully saturated rings. The Hall–Kier alpha value is -0.990. The SMILES string of the molecule is CC[C@H]1CC(C)/C(=C\C(=O)OC)O1. The lowest BCUT2D eigenvalue weighted by Crippen LogP contribution is -2.02. The van der Waals surface area contributed by atoms with Crippen molar-refractivity contribution in [2.75, 3.05) is 7.11 Å². The highest BCUT2D eigenvalue weighted by Crippen LogP contribution is 2.30. The smallest absolute Gasteiger partial charge is 0.333 e. The molecule has 1 rings (SSSR count). The number of carbonyl (C=O) groups is 1. The number of carbonyl (C=O) groups excluding carboxylic acids is 1. The first-order valence-corrected chi connectivity index (χ1v) is 4.63. The highest BCUT2D eigenvalue weighted by Gasteiger charge is 2.26. The van der Waals surface area contributed by atoms with Crippen LogP contribution >= 0.6 is 0 Å². The van der Waals surface area contributed by atoms with Crippen molar-refractivity contribution in [3.63, 3.8) is 0 Å². The van der Waals surface area contributed by atoms with Crippen LogP contribution in [0.1, 0.15) is 26.7 Å². The van der Waals surface area contributed by atoms with Gasteiger partial charge in [-0.2, -0.15) is 0 Å². The molecule has 0 aromatic heterocycles. The Morgan fingerprint density at radius 1 is 1.77 bits per heavy atom. The zero-order chi connectivity index (χ0) is 9.84. The van der Waals surface area contributed by atoms with Gasteiger partial charge in [0.1, 0.15) is 5.76 Å². The van der Waals surface area contributed by atoms with Gasteiger partial charge in [0.05, 0.1) is 19.3 Å². The number of allylic oxidation sites excluding steroid dienone is 1.